The number of aromatic amines is 1. The zero-order valence-electron chi connectivity index (χ0n) is 11.4. The number of aliphatic carboxylic acids is 1. The molecule has 0 fully saturated rings. The molecule has 0 aliphatic rings. The van der Waals surface area contributed by atoms with Crippen LogP contribution in [0.25, 0.3) is 0 Å². The number of aromatic nitrogens is 4. The van der Waals surface area contributed by atoms with Gasteiger partial charge in [-0.05, 0) is 26.2 Å². The van der Waals surface area contributed by atoms with Crippen molar-refractivity contribution in [1.29, 1.82) is 0 Å². The van der Waals surface area contributed by atoms with Crippen LogP contribution in [0.15, 0.2) is 12.2 Å². The van der Waals surface area contributed by atoms with Crippen LogP contribution in [0, 0.1) is 11.8 Å². The highest BCUT2D eigenvalue weighted by Crippen LogP contribution is 2.15. The van der Waals surface area contributed by atoms with E-state index in [9.17, 15) is 4.79 Å². The van der Waals surface area contributed by atoms with Crippen molar-refractivity contribution < 1.29 is 9.90 Å². The van der Waals surface area contributed by atoms with Gasteiger partial charge in [-0.1, -0.05) is 31.2 Å². The zero-order valence-corrected chi connectivity index (χ0v) is 11.4. The molecule has 0 unspecified atom stereocenters. The number of allylic oxidation sites excluding steroid dienone is 2. The third kappa shape index (κ3) is 7.54. The van der Waals surface area contributed by atoms with E-state index < -0.39 is 11.9 Å². The summed E-state index contributed by atoms with van der Waals surface area (Å²) in [6.45, 7) is 7.98. The third-order valence-corrected chi connectivity index (χ3v) is 2.26. The lowest BCUT2D eigenvalue weighted by molar-refractivity contribution is -0.142. The molecule has 1 aromatic heterocycles. The summed E-state index contributed by atoms with van der Waals surface area (Å²) >= 11 is 0. The van der Waals surface area contributed by atoms with Gasteiger partial charge in [-0.25, -0.2) is 0 Å². The Hall–Kier alpha value is -1.72. The van der Waals surface area contributed by atoms with Crippen LogP contribution in [0.4, 0.5) is 0 Å². The molecular formula is C12H22N4O2. The standard InChI is InChI=1S/C8H14N4O2.C4H8/c1-5(2)3-6(8(13)14)4-7-9-11-12-10-7;1-3-4-2/h5-6H,3-4H2,1-2H3,(H,13,14)(H,9,10,11,12);3-4H,1-2H3/b;4-3+/t6-;/m0./s1. The van der Waals surface area contributed by atoms with E-state index in [1.807, 2.05) is 39.8 Å². The van der Waals surface area contributed by atoms with Gasteiger partial charge >= 0.3 is 5.97 Å². The third-order valence-electron chi connectivity index (χ3n) is 2.26. The number of H-pyrrole nitrogens is 1. The molecular weight excluding hydrogens is 232 g/mol. The number of hydrogen-bond acceptors (Lipinski definition) is 4. The maximum absolute atomic E-state index is 10.9. The lowest BCUT2D eigenvalue weighted by atomic mass is 9.94. The van der Waals surface area contributed by atoms with Crippen molar-refractivity contribution in [2.24, 2.45) is 11.8 Å². The second-order valence-corrected chi connectivity index (χ2v) is 4.36. The summed E-state index contributed by atoms with van der Waals surface area (Å²) in [7, 11) is 0. The predicted molar refractivity (Wildman–Crippen MR) is 69.0 cm³/mol. The van der Waals surface area contributed by atoms with Crippen LogP contribution < -0.4 is 0 Å². The van der Waals surface area contributed by atoms with Crippen molar-refractivity contribution in [1.82, 2.24) is 20.6 Å². The van der Waals surface area contributed by atoms with Gasteiger partial charge in [-0.3, -0.25) is 4.79 Å². The molecule has 6 heteroatoms. The first-order chi connectivity index (χ1) is 8.51. The van der Waals surface area contributed by atoms with Crippen molar-refractivity contribution >= 4 is 5.97 Å². The van der Waals surface area contributed by atoms with E-state index >= 15 is 0 Å². The SMILES string of the molecule is C/C=C/C.CC(C)C[C@@H](Cc1nn[nH]n1)C(=O)O. The molecule has 102 valence electrons. The average Bonchev–Trinajstić information content (AvgIpc) is 2.80. The number of carboxylic acids is 1. The van der Waals surface area contributed by atoms with Crippen LogP contribution in [0.1, 0.15) is 39.9 Å². The highest BCUT2D eigenvalue weighted by molar-refractivity contribution is 5.70. The van der Waals surface area contributed by atoms with Crippen molar-refractivity contribution in [3.8, 4) is 0 Å². The summed E-state index contributed by atoms with van der Waals surface area (Å²) in [4.78, 5) is 10.9. The first-order valence-corrected chi connectivity index (χ1v) is 6.03. The average molecular weight is 254 g/mol. The van der Waals surface area contributed by atoms with E-state index in [1.165, 1.54) is 0 Å². The van der Waals surface area contributed by atoms with Crippen LogP contribution in [-0.2, 0) is 11.2 Å². The highest BCUT2D eigenvalue weighted by atomic mass is 16.4. The largest absolute Gasteiger partial charge is 0.481 e. The maximum atomic E-state index is 10.9. The summed E-state index contributed by atoms with van der Waals surface area (Å²) in [6, 6.07) is 0. The van der Waals surface area contributed by atoms with Crippen molar-refractivity contribution in [2.45, 2.75) is 40.5 Å². The molecule has 0 spiro atoms. The minimum absolute atomic E-state index is 0.337. The van der Waals surface area contributed by atoms with E-state index in [1.54, 1.807) is 0 Å². The summed E-state index contributed by atoms with van der Waals surface area (Å²) < 4.78 is 0. The smallest absolute Gasteiger partial charge is 0.306 e. The Morgan fingerprint density at radius 3 is 2.33 bits per heavy atom. The van der Waals surface area contributed by atoms with Gasteiger partial charge in [0.05, 0.1) is 5.92 Å². The van der Waals surface area contributed by atoms with Crippen LogP contribution in [-0.4, -0.2) is 31.7 Å². The number of carboxylic acid groups (broad SMARTS) is 1. The minimum atomic E-state index is -0.802. The first-order valence-electron chi connectivity index (χ1n) is 6.03. The Morgan fingerprint density at radius 2 is 2.00 bits per heavy atom. The van der Waals surface area contributed by atoms with E-state index in [4.69, 9.17) is 5.11 Å². The highest BCUT2D eigenvalue weighted by Gasteiger charge is 2.21. The summed E-state index contributed by atoms with van der Waals surface area (Å²) in [5.74, 6) is -0.419. The van der Waals surface area contributed by atoms with Gasteiger partial charge in [0.25, 0.3) is 0 Å². The lowest BCUT2D eigenvalue weighted by Crippen LogP contribution is -2.19. The Bertz CT molecular complexity index is 343. The Labute approximate surface area is 107 Å². The van der Waals surface area contributed by atoms with E-state index in [-0.39, 0.29) is 0 Å². The van der Waals surface area contributed by atoms with Gasteiger partial charge in [0.15, 0.2) is 5.82 Å². The van der Waals surface area contributed by atoms with E-state index in [0.29, 0.717) is 24.6 Å². The molecule has 0 aliphatic carbocycles. The van der Waals surface area contributed by atoms with Crippen molar-refractivity contribution in [2.75, 3.05) is 0 Å². The van der Waals surface area contributed by atoms with Crippen LogP contribution in [0.3, 0.4) is 0 Å². The molecule has 1 rings (SSSR count). The Balaban J connectivity index is 0.000000631. The Kier molecular flexibility index (Phi) is 8.43. The molecule has 0 aliphatic heterocycles. The molecule has 0 radical (unpaired) electrons. The normalized spacial score (nSPS) is 12.3. The van der Waals surface area contributed by atoms with Crippen molar-refractivity contribution in [3.05, 3.63) is 18.0 Å². The van der Waals surface area contributed by atoms with Gasteiger partial charge in [0.2, 0.25) is 0 Å². The number of hydrogen-bond donors (Lipinski definition) is 2. The second kappa shape index (κ2) is 9.32. The molecule has 0 saturated heterocycles. The van der Waals surface area contributed by atoms with Crippen LogP contribution in [0.2, 0.25) is 0 Å². The zero-order chi connectivity index (χ0) is 14.0. The number of rotatable bonds is 5. The second-order valence-electron chi connectivity index (χ2n) is 4.36. The molecule has 1 aromatic rings. The molecule has 0 aromatic carbocycles. The number of tetrazole rings is 1. The summed E-state index contributed by atoms with van der Waals surface area (Å²) in [6.07, 6.45) is 4.97. The molecule has 6 nitrogen and oxygen atoms in total. The molecule has 1 atom stereocenters. The molecule has 0 amide bonds. The fraction of sp³-hybridized carbons (Fsp3) is 0.667. The van der Waals surface area contributed by atoms with Gasteiger partial charge in [0, 0.05) is 6.42 Å². The Morgan fingerprint density at radius 1 is 1.39 bits per heavy atom. The van der Waals surface area contributed by atoms with Gasteiger partial charge < -0.3 is 5.11 Å². The molecule has 1 heterocycles. The van der Waals surface area contributed by atoms with Crippen LogP contribution >= 0.6 is 0 Å². The van der Waals surface area contributed by atoms with Gasteiger partial charge in [-0.15, -0.1) is 10.2 Å². The minimum Gasteiger partial charge on any atom is -0.481 e. The topological polar surface area (TPSA) is 91.8 Å². The van der Waals surface area contributed by atoms with Gasteiger partial charge in [-0.2, -0.15) is 5.21 Å². The predicted octanol–water partition coefficient (Wildman–Crippen LogP) is 2.07. The maximum Gasteiger partial charge on any atom is 0.306 e. The molecule has 0 saturated carbocycles. The molecule has 2 N–H and O–H groups in total. The fourth-order valence-corrected chi connectivity index (χ4v) is 1.33. The summed E-state index contributed by atoms with van der Waals surface area (Å²) in [5, 5.41) is 22.1. The van der Waals surface area contributed by atoms with Gasteiger partial charge in [0.1, 0.15) is 0 Å². The van der Waals surface area contributed by atoms with E-state index in [0.717, 1.165) is 0 Å². The number of nitrogens with zero attached hydrogens (tertiary/aromatic N) is 3. The van der Waals surface area contributed by atoms with E-state index in [2.05, 4.69) is 20.6 Å². The number of nitrogens with one attached hydrogen (secondary N) is 1. The summed E-state index contributed by atoms with van der Waals surface area (Å²) in [5.41, 5.74) is 0. The van der Waals surface area contributed by atoms with Crippen molar-refractivity contribution in [3.63, 3.8) is 0 Å². The van der Waals surface area contributed by atoms with Crippen LogP contribution in [0.5, 0.6) is 0 Å². The lowest BCUT2D eigenvalue weighted by Gasteiger charge is -2.11. The molecule has 18 heavy (non-hydrogen) atoms. The molecule has 0 bridgehead atoms. The quantitative estimate of drug-likeness (QED) is 0.785. The number of carbonyl (C=O) groups is 1. The monoisotopic (exact) mass is 254 g/mol. The first kappa shape index (κ1) is 16.3. The fourth-order valence-electron chi connectivity index (χ4n) is 1.33.